The van der Waals surface area contributed by atoms with Crippen LogP contribution in [0.4, 0.5) is 0 Å². The summed E-state index contributed by atoms with van der Waals surface area (Å²) in [6.07, 6.45) is 4.34. The van der Waals surface area contributed by atoms with Gasteiger partial charge in [0.05, 0.1) is 6.61 Å². The van der Waals surface area contributed by atoms with Crippen molar-refractivity contribution in [2.24, 2.45) is 0 Å². The highest BCUT2D eigenvalue weighted by Crippen LogP contribution is 2.04. The molecule has 0 aliphatic rings. The van der Waals surface area contributed by atoms with Crippen molar-refractivity contribution in [3.05, 3.63) is 12.2 Å². The Morgan fingerprint density at radius 3 is 2.54 bits per heavy atom. The zero-order valence-corrected chi connectivity index (χ0v) is 8.77. The van der Waals surface area contributed by atoms with Crippen molar-refractivity contribution in [3.63, 3.8) is 0 Å². The van der Waals surface area contributed by atoms with Crippen LogP contribution in [0.25, 0.3) is 0 Å². The average Bonchev–Trinajstić information content (AvgIpc) is 2.04. The summed E-state index contributed by atoms with van der Waals surface area (Å²) < 4.78 is 5.00. The molecule has 0 heterocycles. The molecule has 0 amide bonds. The first-order chi connectivity index (χ1) is 6.16. The van der Waals surface area contributed by atoms with E-state index in [1.807, 2.05) is 6.92 Å². The van der Waals surface area contributed by atoms with E-state index in [0.717, 1.165) is 31.3 Å². The largest absolute Gasteiger partial charge is 0.466 e. The zero-order valence-electron chi connectivity index (χ0n) is 8.77. The number of hydrogen-bond donors (Lipinski definition) is 0. The minimum Gasteiger partial charge on any atom is -0.466 e. The molecule has 0 aromatic rings. The molecule has 0 unspecified atom stereocenters. The second kappa shape index (κ2) is 7.84. The molecule has 0 fully saturated rings. The SMILES string of the molecule is C=C(C)CCCC(=O)OCCCC. The van der Waals surface area contributed by atoms with Crippen molar-refractivity contribution in [1.82, 2.24) is 0 Å². The van der Waals surface area contributed by atoms with Gasteiger partial charge < -0.3 is 4.74 Å². The standard InChI is InChI=1S/C11H20O2/c1-4-5-9-13-11(12)8-6-7-10(2)3/h2,4-9H2,1,3H3. The van der Waals surface area contributed by atoms with Crippen LogP contribution in [0, 0.1) is 0 Å². The van der Waals surface area contributed by atoms with Crippen LogP contribution in [0.2, 0.25) is 0 Å². The third kappa shape index (κ3) is 9.12. The molecule has 0 aromatic heterocycles. The van der Waals surface area contributed by atoms with E-state index in [0.29, 0.717) is 13.0 Å². The summed E-state index contributed by atoms with van der Waals surface area (Å²) >= 11 is 0. The maximum atomic E-state index is 11.0. The van der Waals surface area contributed by atoms with E-state index in [9.17, 15) is 4.79 Å². The fourth-order valence-corrected chi connectivity index (χ4v) is 0.937. The molecule has 13 heavy (non-hydrogen) atoms. The lowest BCUT2D eigenvalue weighted by Crippen LogP contribution is -2.05. The van der Waals surface area contributed by atoms with Crippen LogP contribution in [-0.4, -0.2) is 12.6 Å². The Hall–Kier alpha value is -0.790. The maximum absolute atomic E-state index is 11.0. The molecule has 0 N–H and O–H groups in total. The van der Waals surface area contributed by atoms with E-state index >= 15 is 0 Å². The predicted octanol–water partition coefficient (Wildman–Crippen LogP) is 3.08. The van der Waals surface area contributed by atoms with Crippen molar-refractivity contribution >= 4 is 5.97 Å². The molecule has 0 aliphatic carbocycles. The lowest BCUT2D eigenvalue weighted by atomic mass is 10.1. The normalized spacial score (nSPS) is 9.69. The highest BCUT2D eigenvalue weighted by molar-refractivity contribution is 5.69. The Balaban J connectivity index is 3.25. The third-order valence-corrected chi connectivity index (χ3v) is 1.75. The van der Waals surface area contributed by atoms with Crippen LogP contribution in [0.5, 0.6) is 0 Å². The molecule has 0 aliphatic heterocycles. The van der Waals surface area contributed by atoms with Crippen molar-refractivity contribution in [2.45, 2.75) is 46.0 Å². The van der Waals surface area contributed by atoms with Gasteiger partial charge in [-0.3, -0.25) is 4.79 Å². The number of unbranched alkanes of at least 4 members (excludes halogenated alkanes) is 1. The molecule has 0 rings (SSSR count). The van der Waals surface area contributed by atoms with Crippen LogP contribution >= 0.6 is 0 Å². The zero-order chi connectivity index (χ0) is 10.1. The van der Waals surface area contributed by atoms with Gasteiger partial charge in [0.25, 0.3) is 0 Å². The molecule has 0 radical (unpaired) electrons. The molecule has 0 atom stereocenters. The summed E-state index contributed by atoms with van der Waals surface area (Å²) in [7, 11) is 0. The van der Waals surface area contributed by atoms with Gasteiger partial charge in [-0.1, -0.05) is 18.9 Å². The van der Waals surface area contributed by atoms with E-state index in [1.54, 1.807) is 0 Å². The van der Waals surface area contributed by atoms with Crippen molar-refractivity contribution < 1.29 is 9.53 Å². The lowest BCUT2D eigenvalue weighted by molar-refractivity contribution is -0.143. The summed E-state index contributed by atoms with van der Waals surface area (Å²) in [5, 5.41) is 0. The molecule has 0 saturated carbocycles. The van der Waals surface area contributed by atoms with Crippen molar-refractivity contribution in [2.75, 3.05) is 6.61 Å². The molecule has 0 bridgehead atoms. The Bertz CT molecular complexity index is 161. The summed E-state index contributed by atoms with van der Waals surface area (Å²) in [5.41, 5.74) is 1.13. The number of esters is 1. The molecule has 2 heteroatoms. The molecular weight excluding hydrogens is 164 g/mol. The number of allylic oxidation sites excluding steroid dienone is 1. The Kier molecular flexibility index (Phi) is 7.36. The third-order valence-electron chi connectivity index (χ3n) is 1.75. The van der Waals surface area contributed by atoms with E-state index in [-0.39, 0.29) is 5.97 Å². The first-order valence-corrected chi connectivity index (χ1v) is 4.96. The first-order valence-electron chi connectivity index (χ1n) is 4.96. The van der Waals surface area contributed by atoms with Crippen LogP contribution in [-0.2, 0) is 9.53 Å². The van der Waals surface area contributed by atoms with Crippen LogP contribution in [0.15, 0.2) is 12.2 Å². The number of ether oxygens (including phenoxy) is 1. The highest BCUT2D eigenvalue weighted by atomic mass is 16.5. The fourth-order valence-electron chi connectivity index (χ4n) is 0.937. The van der Waals surface area contributed by atoms with Gasteiger partial charge in [-0.25, -0.2) is 0 Å². The Morgan fingerprint density at radius 2 is 2.00 bits per heavy atom. The second-order valence-electron chi connectivity index (χ2n) is 3.38. The summed E-state index contributed by atoms with van der Waals surface area (Å²) in [6.45, 7) is 8.40. The van der Waals surface area contributed by atoms with Crippen LogP contribution in [0.1, 0.15) is 46.0 Å². The van der Waals surface area contributed by atoms with Gasteiger partial charge in [0, 0.05) is 6.42 Å². The molecule has 2 nitrogen and oxygen atoms in total. The van der Waals surface area contributed by atoms with Gasteiger partial charge in [-0.2, -0.15) is 0 Å². The number of carbonyl (C=O) groups excluding carboxylic acids is 1. The highest BCUT2D eigenvalue weighted by Gasteiger charge is 2.01. The molecule has 76 valence electrons. The van der Waals surface area contributed by atoms with Gasteiger partial charge >= 0.3 is 5.97 Å². The van der Waals surface area contributed by atoms with Crippen LogP contribution < -0.4 is 0 Å². The van der Waals surface area contributed by atoms with E-state index in [4.69, 9.17) is 4.74 Å². The minimum atomic E-state index is -0.0744. The summed E-state index contributed by atoms with van der Waals surface area (Å²) in [4.78, 5) is 11.0. The second-order valence-corrected chi connectivity index (χ2v) is 3.38. The Labute approximate surface area is 81.0 Å². The van der Waals surface area contributed by atoms with E-state index in [2.05, 4.69) is 13.5 Å². The monoisotopic (exact) mass is 184 g/mol. The predicted molar refractivity (Wildman–Crippen MR) is 54.5 cm³/mol. The van der Waals surface area contributed by atoms with Crippen molar-refractivity contribution in [1.29, 1.82) is 0 Å². The lowest BCUT2D eigenvalue weighted by Gasteiger charge is -2.03. The Morgan fingerprint density at radius 1 is 1.31 bits per heavy atom. The van der Waals surface area contributed by atoms with E-state index in [1.165, 1.54) is 0 Å². The van der Waals surface area contributed by atoms with Gasteiger partial charge in [-0.15, -0.1) is 6.58 Å². The molecule has 0 saturated heterocycles. The average molecular weight is 184 g/mol. The number of rotatable bonds is 7. The summed E-state index contributed by atoms with van der Waals surface area (Å²) in [6, 6.07) is 0. The molecular formula is C11H20O2. The van der Waals surface area contributed by atoms with E-state index < -0.39 is 0 Å². The minimum absolute atomic E-state index is 0.0744. The van der Waals surface area contributed by atoms with Gasteiger partial charge in [0.2, 0.25) is 0 Å². The first kappa shape index (κ1) is 12.2. The van der Waals surface area contributed by atoms with Crippen molar-refractivity contribution in [3.8, 4) is 0 Å². The quantitative estimate of drug-likeness (QED) is 0.345. The summed E-state index contributed by atoms with van der Waals surface area (Å²) in [5.74, 6) is -0.0744. The van der Waals surface area contributed by atoms with Crippen LogP contribution in [0.3, 0.4) is 0 Å². The smallest absolute Gasteiger partial charge is 0.305 e. The molecule has 0 aromatic carbocycles. The van der Waals surface area contributed by atoms with Gasteiger partial charge in [-0.05, 0) is 26.2 Å². The number of carbonyl (C=O) groups is 1. The number of hydrogen-bond acceptors (Lipinski definition) is 2. The maximum Gasteiger partial charge on any atom is 0.305 e. The van der Waals surface area contributed by atoms with Gasteiger partial charge in [0.1, 0.15) is 0 Å². The fraction of sp³-hybridized carbons (Fsp3) is 0.727. The van der Waals surface area contributed by atoms with Gasteiger partial charge in [0.15, 0.2) is 0 Å². The topological polar surface area (TPSA) is 26.3 Å². The molecule has 0 spiro atoms.